The van der Waals surface area contributed by atoms with Crippen molar-refractivity contribution >= 4 is 5.91 Å². The zero-order chi connectivity index (χ0) is 26.9. The summed E-state index contributed by atoms with van der Waals surface area (Å²) >= 11 is 0. The van der Waals surface area contributed by atoms with Crippen molar-refractivity contribution in [2.24, 2.45) is 0 Å². The first-order valence-electron chi connectivity index (χ1n) is 16.5. The number of unbranched alkanes of at least 4 members (excludes halogenated alkanes) is 23. The fraction of sp³-hybridized carbons (Fsp3) is 0.857. The summed E-state index contributed by atoms with van der Waals surface area (Å²) in [6.45, 7) is 5.40. The van der Waals surface area contributed by atoms with Gasteiger partial charge in [-0.3, -0.25) is 4.79 Å². The molecule has 0 rings (SSSR count). The number of amides is 1. The Morgan fingerprint density at radius 2 is 0.811 bits per heavy atom. The Morgan fingerprint density at radius 3 is 1.24 bits per heavy atom. The van der Waals surface area contributed by atoms with Crippen LogP contribution in [0.25, 0.3) is 0 Å². The molecular weight excluding hydrogens is 450 g/mol. The van der Waals surface area contributed by atoms with Crippen LogP contribution in [0, 0.1) is 23.7 Å². The molecule has 0 aliphatic carbocycles. The average Bonchev–Trinajstić information content (AvgIpc) is 2.90. The second-order valence-corrected chi connectivity index (χ2v) is 11.0. The van der Waals surface area contributed by atoms with Gasteiger partial charge in [-0.25, -0.2) is 0 Å². The molecule has 0 saturated carbocycles. The quantitative estimate of drug-likeness (QED) is 0.0858. The van der Waals surface area contributed by atoms with Gasteiger partial charge in [0.1, 0.15) is 0 Å². The summed E-state index contributed by atoms with van der Waals surface area (Å²) < 4.78 is 0. The molecule has 214 valence electrons. The first-order valence-corrected chi connectivity index (χ1v) is 16.5. The van der Waals surface area contributed by atoms with Crippen molar-refractivity contribution in [2.75, 3.05) is 6.54 Å². The van der Waals surface area contributed by atoms with Gasteiger partial charge in [0.25, 0.3) is 0 Å². The largest absolute Gasteiger partial charge is 0.356 e. The number of rotatable bonds is 27. The highest BCUT2D eigenvalue weighted by Gasteiger charge is 2.00. The molecule has 2 heteroatoms. The van der Waals surface area contributed by atoms with Crippen molar-refractivity contribution in [3.05, 3.63) is 0 Å². The summed E-state index contributed by atoms with van der Waals surface area (Å²) in [5.74, 6) is 12.7. The summed E-state index contributed by atoms with van der Waals surface area (Å²) in [5.41, 5.74) is 0. The normalized spacial score (nSPS) is 10.4. The van der Waals surface area contributed by atoms with Crippen LogP contribution < -0.4 is 5.32 Å². The minimum Gasteiger partial charge on any atom is -0.356 e. The molecule has 0 aromatic carbocycles. The summed E-state index contributed by atoms with van der Waals surface area (Å²) in [4.78, 5) is 11.9. The molecule has 0 saturated heterocycles. The lowest BCUT2D eigenvalue weighted by Crippen LogP contribution is -2.23. The third-order valence-corrected chi connectivity index (χ3v) is 7.20. The van der Waals surface area contributed by atoms with Crippen LogP contribution in [0.3, 0.4) is 0 Å². The van der Waals surface area contributed by atoms with Crippen molar-refractivity contribution < 1.29 is 4.79 Å². The lowest BCUT2D eigenvalue weighted by Gasteiger charge is -2.05. The fourth-order valence-corrected chi connectivity index (χ4v) is 4.70. The van der Waals surface area contributed by atoms with E-state index in [1.807, 2.05) is 0 Å². The number of hydrogen-bond acceptors (Lipinski definition) is 1. The lowest BCUT2D eigenvalue weighted by molar-refractivity contribution is -0.121. The zero-order valence-electron chi connectivity index (χ0n) is 25.2. The molecule has 1 N–H and O–H groups in total. The Morgan fingerprint density at radius 1 is 0.459 bits per heavy atom. The summed E-state index contributed by atoms with van der Waals surface area (Å²) in [6.07, 6.45) is 34.0. The molecule has 1 amide bonds. The van der Waals surface area contributed by atoms with Gasteiger partial charge in [-0.05, 0) is 37.5 Å². The monoisotopic (exact) mass is 513 g/mol. The molecule has 0 spiro atoms. The third-order valence-electron chi connectivity index (χ3n) is 7.20. The maximum absolute atomic E-state index is 11.9. The molecule has 0 bridgehead atoms. The van der Waals surface area contributed by atoms with Crippen LogP contribution in [0.4, 0.5) is 0 Å². The van der Waals surface area contributed by atoms with E-state index in [4.69, 9.17) is 0 Å². The molecular formula is C35H63NO. The molecule has 0 radical (unpaired) electrons. The van der Waals surface area contributed by atoms with Crippen LogP contribution in [-0.2, 0) is 4.79 Å². The van der Waals surface area contributed by atoms with Gasteiger partial charge in [0.15, 0.2) is 0 Å². The second-order valence-electron chi connectivity index (χ2n) is 11.0. The number of nitrogens with one attached hydrogen (secondary N) is 1. The zero-order valence-corrected chi connectivity index (χ0v) is 25.2. The van der Waals surface area contributed by atoms with E-state index in [0.29, 0.717) is 6.42 Å². The van der Waals surface area contributed by atoms with E-state index in [1.54, 1.807) is 0 Å². The molecule has 0 aromatic rings. The van der Waals surface area contributed by atoms with E-state index in [2.05, 4.69) is 42.8 Å². The van der Waals surface area contributed by atoms with Gasteiger partial charge in [0.05, 0.1) is 0 Å². The first kappa shape index (κ1) is 35.6. The van der Waals surface area contributed by atoms with Crippen LogP contribution in [-0.4, -0.2) is 12.5 Å². The smallest absolute Gasteiger partial charge is 0.219 e. The molecule has 0 aliphatic heterocycles. The minimum absolute atomic E-state index is 0.243. The summed E-state index contributed by atoms with van der Waals surface area (Å²) in [5, 5.41) is 3.09. The SMILES string of the molecule is CCCCCCCCCCCCC#CC#CCCCCCCCCC(=O)NCCCCCCCCCC. The van der Waals surface area contributed by atoms with Crippen LogP contribution in [0.2, 0.25) is 0 Å². The summed E-state index contributed by atoms with van der Waals surface area (Å²) in [7, 11) is 0. The maximum Gasteiger partial charge on any atom is 0.219 e. The number of carbonyl (C=O) groups is 1. The first-order chi connectivity index (χ1) is 18.3. The average molecular weight is 514 g/mol. The molecule has 0 aromatic heterocycles. The van der Waals surface area contributed by atoms with Crippen molar-refractivity contribution in [1.29, 1.82) is 0 Å². The highest BCUT2D eigenvalue weighted by atomic mass is 16.1. The highest BCUT2D eigenvalue weighted by Crippen LogP contribution is 2.11. The van der Waals surface area contributed by atoms with Crippen molar-refractivity contribution in [3.63, 3.8) is 0 Å². The molecule has 0 unspecified atom stereocenters. The second kappa shape index (κ2) is 32.6. The molecule has 2 nitrogen and oxygen atoms in total. The fourth-order valence-electron chi connectivity index (χ4n) is 4.70. The Bertz CT molecular complexity index is 588. The standard InChI is InChI=1S/C35H63NO/c1-3-5-7-9-11-13-14-15-16-17-18-19-20-21-22-23-24-25-26-27-29-31-33-35(37)36-34-32-30-28-12-10-8-6-4-2/h3-18,23-34H2,1-2H3,(H,36,37). The van der Waals surface area contributed by atoms with E-state index >= 15 is 0 Å². The van der Waals surface area contributed by atoms with Gasteiger partial charge < -0.3 is 5.32 Å². The van der Waals surface area contributed by atoms with Gasteiger partial charge in [-0.15, -0.1) is 0 Å². The van der Waals surface area contributed by atoms with Gasteiger partial charge in [-0.1, -0.05) is 154 Å². The molecule has 37 heavy (non-hydrogen) atoms. The van der Waals surface area contributed by atoms with Crippen LogP contribution in [0.5, 0.6) is 0 Å². The third kappa shape index (κ3) is 32.6. The molecule has 0 atom stereocenters. The van der Waals surface area contributed by atoms with Gasteiger partial charge in [0.2, 0.25) is 5.91 Å². The Kier molecular flexibility index (Phi) is 31.4. The maximum atomic E-state index is 11.9. The number of hydrogen-bond donors (Lipinski definition) is 1. The van der Waals surface area contributed by atoms with Crippen LogP contribution in [0.1, 0.15) is 187 Å². The van der Waals surface area contributed by atoms with Gasteiger partial charge in [-0.2, -0.15) is 0 Å². The lowest BCUT2D eigenvalue weighted by atomic mass is 10.1. The van der Waals surface area contributed by atoms with Crippen molar-refractivity contribution in [3.8, 4) is 23.7 Å². The Labute approximate surface area is 233 Å². The highest BCUT2D eigenvalue weighted by molar-refractivity contribution is 5.75. The minimum atomic E-state index is 0.243. The predicted molar refractivity (Wildman–Crippen MR) is 165 cm³/mol. The predicted octanol–water partition coefficient (Wildman–Crippen LogP) is 10.7. The van der Waals surface area contributed by atoms with Crippen molar-refractivity contribution in [2.45, 2.75) is 187 Å². The van der Waals surface area contributed by atoms with E-state index in [0.717, 1.165) is 32.2 Å². The Hall–Kier alpha value is -1.41. The number of carbonyl (C=O) groups excluding carboxylic acids is 1. The topological polar surface area (TPSA) is 29.1 Å². The Balaban J connectivity index is 3.30. The van der Waals surface area contributed by atoms with Crippen LogP contribution >= 0.6 is 0 Å². The molecule has 0 fully saturated rings. The molecule has 0 heterocycles. The molecule has 0 aliphatic rings. The van der Waals surface area contributed by atoms with Gasteiger partial charge >= 0.3 is 0 Å². The van der Waals surface area contributed by atoms with Crippen molar-refractivity contribution in [1.82, 2.24) is 5.32 Å². The van der Waals surface area contributed by atoms with Crippen LogP contribution in [0.15, 0.2) is 0 Å². The van der Waals surface area contributed by atoms with Gasteiger partial charge in [0, 0.05) is 25.8 Å². The van der Waals surface area contributed by atoms with E-state index in [1.165, 1.54) is 141 Å². The summed E-state index contributed by atoms with van der Waals surface area (Å²) in [6, 6.07) is 0. The van der Waals surface area contributed by atoms with E-state index in [9.17, 15) is 4.79 Å². The van der Waals surface area contributed by atoms with E-state index in [-0.39, 0.29) is 5.91 Å². The van der Waals surface area contributed by atoms with E-state index < -0.39 is 0 Å².